The van der Waals surface area contributed by atoms with Gasteiger partial charge in [-0.1, -0.05) is 17.7 Å². The van der Waals surface area contributed by atoms with Gasteiger partial charge in [0.2, 0.25) is 0 Å². The molecule has 10 nitrogen and oxygen atoms in total. The molecule has 2 atom stereocenters. The molecule has 1 fully saturated rings. The normalized spacial score (nSPS) is 19.7. The number of β-lactam (4-membered cyclic amide) rings is 1. The molecule has 0 saturated carbocycles. The van der Waals surface area contributed by atoms with E-state index in [1.54, 1.807) is 30.3 Å². The molecule has 1 N–H and O–H groups in total. The molecule has 36 heavy (non-hydrogen) atoms. The molecule has 5 rings (SSSR count). The van der Waals surface area contributed by atoms with Crippen LogP contribution in [-0.2, 0) is 23.9 Å². The minimum absolute atomic E-state index is 0.0885. The van der Waals surface area contributed by atoms with Crippen molar-refractivity contribution in [3.05, 3.63) is 81.9 Å². The minimum atomic E-state index is -4.22. The zero-order chi connectivity index (χ0) is 25.6. The number of hydrogen-bond acceptors (Lipinski definition) is 9. The molecule has 2 aliphatic heterocycles. The monoisotopic (exact) mass is 529 g/mol. The molecule has 12 heteroatoms. The first-order valence-electron chi connectivity index (χ1n) is 10.7. The zero-order valence-corrected chi connectivity index (χ0v) is 20.4. The summed E-state index contributed by atoms with van der Waals surface area (Å²) in [4.78, 5) is 37.3. The van der Waals surface area contributed by atoms with Crippen LogP contribution in [0.15, 0.2) is 80.0 Å². The summed E-state index contributed by atoms with van der Waals surface area (Å²) in [7, 11) is -4.22. The van der Waals surface area contributed by atoms with Gasteiger partial charge < -0.3 is 14.3 Å². The smallest absolute Gasteiger partial charge is 0.352 e. The first-order chi connectivity index (χ1) is 17.1. The van der Waals surface area contributed by atoms with Crippen LogP contribution in [0.3, 0.4) is 0 Å². The lowest BCUT2D eigenvalue weighted by Crippen LogP contribution is -2.66. The van der Waals surface area contributed by atoms with Crippen LogP contribution in [0.25, 0.3) is 11.0 Å². The van der Waals surface area contributed by atoms with Crippen LogP contribution in [0.5, 0.6) is 5.75 Å². The van der Waals surface area contributed by atoms with Gasteiger partial charge in [0.25, 0.3) is 16.0 Å². The molecule has 0 aliphatic carbocycles. The average Bonchev–Trinajstić information content (AvgIpc) is 2.85. The number of thioether (sulfide) groups is 1. The minimum Gasteiger partial charge on any atom is -0.489 e. The van der Waals surface area contributed by atoms with Crippen LogP contribution < -0.4 is 10.4 Å². The van der Waals surface area contributed by atoms with Crippen molar-refractivity contribution < 1.29 is 36.5 Å². The second-order valence-corrected chi connectivity index (χ2v) is 10.9. The Labute approximate surface area is 209 Å². The maximum Gasteiger partial charge on any atom is 0.352 e. The van der Waals surface area contributed by atoms with Crippen LogP contribution in [0.2, 0.25) is 0 Å². The Morgan fingerprint density at radius 3 is 2.58 bits per heavy atom. The first-order valence-corrected chi connectivity index (χ1v) is 13.2. The number of fused-ring (bicyclic) bond motifs is 2. The van der Waals surface area contributed by atoms with E-state index in [9.17, 15) is 27.9 Å². The van der Waals surface area contributed by atoms with E-state index < -0.39 is 39.1 Å². The lowest BCUT2D eigenvalue weighted by molar-refractivity contribution is -0.156. The molecule has 2 aromatic carbocycles. The van der Waals surface area contributed by atoms with E-state index in [1.165, 1.54) is 36.0 Å². The highest BCUT2D eigenvalue weighted by Crippen LogP contribution is 2.42. The van der Waals surface area contributed by atoms with Gasteiger partial charge in [-0.2, -0.15) is 8.42 Å². The highest BCUT2D eigenvalue weighted by molar-refractivity contribution is 8.00. The Morgan fingerprint density at radius 1 is 1.14 bits per heavy atom. The van der Waals surface area contributed by atoms with Crippen molar-refractivity contribution in [3.63, 3.8) is 0 Å². The lowest BCUT2D eigenvalue weighted by atomic mass is 10.1. The van der Waals surface area contributed by atoms with Crippen molar-refractivity contribution in [2.45, 2.75) is 23.3 Å². The summed E-state index contributed by atoms with van der Waals surface area (Å²) in [5.41, 5.74) is 0.748. The predicted octanol–water partition coefficient (Wildman–Crippen LogP) is 2.51. The van der Waals surface area contributed by atoms with E-state index in [2.05, 4.69) is 0 Å². The van der Waals surface area contributed by atoms with Crippen LogP contribution in [0.4, 0.5) is 0 Å². The zero-order valence-electron chi connectivity index (χ0n) is 18.7. The lowest BCUT2D eigenvalue weighted by Gasteiger charge is -2.48. The van der Waals surface area contributed by atoms with Crippen molar-refractivity contribution in [3.8, 4) is 5.75 Å². The maximum absolute atomic E-state index is 12.8. The Bertz CT molecular complexity index is 1580. The SMILES string of the molecule is Cc1ccc(S(=O)(=O)OC2C(=O)N3C(C(=O)O)=C(COc4ccc5ccc(=O)oc5c4)CSC23)cc1. The highest BCUT2D eigenvalue weighted by atomic mass is 32.2. The van der Waals surface area contributed by atoms with E-state index in [-0.39, 0.29) is 23.0 Å². The van der Waals surface area contributed by atoms with Crippen LogP contribution in [0.1, 0.15) is 5.56 Å². The number of rotatable bonds is 7. The number of ether oxygens (including phenoxy) is 1. The molecule has 2 aliphatic rings. The molecule has 3 aromatic rings. The number of aliphatic carboxylic acids is 1. The fourth-order valence-electron chi connectivity index (χ4n) is 3.91. The van der Waals surface area contributed by atoms with Crippen LogP contribution in [0, 0.1) is 6.92 Å². The van der Waals surface area contributed by atoms with Crippen molar-refractivity contribution in [1.29, 1.82) is 0 Å². The molecule has 0 radical (unpaired) electrons. The number of aryl methyl sites for hydroxylation is 1. The third-order valence-electron chi connectivity index (χ3n) is 5.75. The molecule has 186 valence electrons. The Morgan fingerprint density at radius 2 is 1.86 bits per heavy atom. The quantitative estimate of drug-likeness (QED) is 0.276. The van der Waals surface area contributed by atoms with Crippen LogP contribution >= 0.6 is 11.8 Å². The van der Waals surface area contributed by atoms with Gasteiger partial charge in [0, 0.05) is 28.8 Å². The number of amides is 1. The number of carbonyl (C=O) groups excluding carboxylic acids is 1. The summed E-state index contributed by atoms with van der Waals surface area (Å²) in [5.74, 6) is -1.56. The van der Waals surface area contributed by atoms with Gasteiger partial charge in [-0.3, -0.25) is 9.69 Å². The van der Waals surface area contributed by atoms with Gasteiger partial charge in [0.05, 0.1) is 4.90 Å². The van der Waals surface area contributed by atoms with Gasteiger partial charge >= 0.3 is 11.6 Å². The molecule has 1 amide bonds. The van der Waals surface area contributed by atoms with E-state index >= 15 is 0 Å². The second kappa shape index (κ2) is 9.12. The number of carbonyl (C=O) groups is 2. The van der Waals surface area contributed by atoms with Crippen molar-refractivity contribution in [1.82, 2.24) is 4.90 Å². The molecule has 1 saturated heterocycles. The maximum atomic E-state index is 12.8. The third kappa shape index (κ3) is 4.38. The number of benzene rings is 2. The molecule has 0 bridgehead atoms. The molecule has 0 spiro atoms. The van der Waals surface area contributed by atoms with E-state index in [0.29, 0.717) is 22.3 Å². The average molecular weight is 530 g/mol. The molecule has 2 unspecified atom stereocenters. The van der Waals surface area contributed by atoms with E-state index in [0.717, 1.165) is 10.5 Å². The first kappa shape index (κ1) is 24.1. The Hall–Kier alpha value is -3.61. The van der Waals surface area contributed by atoms with Crippen molar-refractivity contribution in [2.75, 3.05) is 12.4 Å². The van der Waals surface area contributed by atoms with Gasteiger partial charge in [-0.05, 0) is 37.3 Å². The fourth-order valence-corrected chi connectivity index (χ4v) is 6.32. The Kier molecular flexibility index (Phi) is 6.10. The summed E-state index contributed by atoms with van der Waals surface area (Å²) < 4.78 is 41.4. The molecule has 3 heterocycles. The molecular weight excluding hydrogens is 510 g/mol. The fraction of sp³-hybridized carbons (Fsp3) is 0.208. The summed E-state index contributed by atoms with van der Waals surface area (Å²) in [5, 5.41) is 9.71. The standard InChI is InChI=1S/C24H19NO9S2/c1-13-2-7-17(8-3-13)36(30,31)34-21-22(27)25-20(24(28)29)15(12-35-23(21)25)11-32-16-6-4-14-5-9-19(26)33-18(14)10-16/h2-10,21,23H,11-12H2,1H3,(H,28,29). The van der Waals surface area contributed by atoms with Gasteiger partial charge in [-0.25, -0.2) is 13.8 Å². The van der Waals surface area contributed by atoms with Crippen LogP contribution in [-0.4, -0.2) is 54.1 Å². The number of nitrogens with zero attached hydrogens (tertiary/aromatic N) is 1. The Balaban J connectivity index is 1.34. The molecular formula is C24H19NO9S2. The number of hydrogen-bond donors (Lipinski definition) is 1. The van der Waals surface area contributed by atoms with Gasteiger partial charge in [-0.15, -0.1) is 11.8 Å². The van der Waals surface area contributed by atoms with Crippen molar-refractivity contribution >= 4 is 44.7 Å². The molecule has 1 aromatic heterocycles. The summed E-state index contributed by atoms with van der Waals surface area (Å²) >= 11 is 1.19. The highest BCUT2D eigenvalue weighted by Gasteiger charge is 2.56. The topological polar surface area (TPSA) is 140 Å². The van der Waals surface area contributed by atoms with Gasteiger partial charge in [0.15, 0.2) is 6.10 Å². The van der Waals surface area contributed by atoms with Gasteiger partial charge in [0.1, 0.15) is 29.0 Å². The number of carboxylic acid groups (broad SMARTS) is 1. The second-order valence-electron chi connectivity index (χ2n) is 8.19. The predicted molar refractivity (Wildman–Crippen MR) is 129 cm³/mol. The van der Waals surface area contributed by atoms with Crippen molar-refractivity contribution in [2.24, 2.45) is 0 Å². The largest absolute Gasteiger partial charge is 0.489 e. The van der Waals surface area contributed by atoms with E-state index in [4.69, 9.17) is 13.3 Å². The summed E-state index contributed by atoms with van der Waals surface area (Å²) in [6.07, 6.45) is -1.33. The third-order valence-corrected chi connectivity index (χ3v) is 8.37. The summed E-state index contributed by atoms with van der Waals surface area (Å²) in [6.45, 7) is 1.67. The summed E-state index contributed by atoms with van der Waals surface area (Å²) in [6, 6.07) is 13.8. The van der Waals surface area contributed by atoms with E-state index in [1.807, 2.05) is 6.92 Å². The number of carboxylic acids is 1.